The Hall–Kier alpha value is -2.17. The van der Waals surface area contributed by atoms with Crippen LogP contribution in [-0.4, -0.2) is 60.8 Å². The number of carbonyl (C=O) groups excluding carboxylic acids is 2. The maximum atomic E-state index is 13.6. The fourth-order valence-electron chi connectivity index (χ4n) is 4.70. The minimum absolute atomic E-state index is 0.0349. The Kier molecular flexibility index (Phi) is 7.97. The molecule has 0 bridgehead atoms. The summed E-state index contributed by atoms with van der Waals surface area (Å²) in [7, 11) is -4.17. The smallest absolute Gasteiger partial charge is 0.259 e. The topological polar surface area (TPSA) is 113 Å². The van der Waals surface area contributed by atoms with Crippen LogP contribution >= 0.6 is 23.2 Å². The largest absolute Gasteiger partial charge is 0.350 e. The van der Waals surface area contributed by atoms with Crippen LogP contribution in [0.2, 0.25) is 10.0 Å². The van der Waals surface area contributed by atoms with Gasteiger partial charge in [-0.15, -0.1) is 0 Å². The van der Waals surface area contributed by atoms with E-state index in [1.54, 1.807) is 12.1 Å². The van der Waals surface area contributed by atoms with Crippen LogP contribution in [0.4, 0.5) is 0 Å². The highest BCUT2D eigenvalue weighted by Crippen LogP contribution is 2.31. The number of aryl methyl sites for hydroxylation is 2. The zero-order valence-corrected chi connectivity index (χ0v) is 22.5. The standard InChI is InChI=1S/C25H30Cl2N4O4S/c1-15-3-4-17(13-16(15)2)25(33)30-11-12-31(36(34,35)20-9-10-21(26)22(27)14-20)24(30)23(32)29-19-7-5-18(28)6-8-19/h3-4,9-10,13-14,18-19,24H,5-8,11-12,28H2,1-2H3,(H,29,32). The lowest BCUT2D eigenvalue weighted by molar-refractivity contribution is -0.128. The van der Waals surface area contributed by atoms with Gasteiger partial charge in [0.25, 0.3) is 11.8 Å². The summed E-state index contributed by atoms with van der Waals surface area (Å²) in [5.74, 6) is -0.940. The summed E-state index contributed by atoms with van der Waals surface area (Å²) in [6, 6.07) is 9.24. The molecule has 8 nitrogen and oxygen atoms in total. The molecule has 2 aromatic rings. The first kappa shape index (κ1) is 26.9. The summed E-state index contributed by atoms with van der Waals surface area (Å²) in [6.07, 6.45) is 1.60. The molecule has 1 heterocycles. The van der Waals surface area contributed by atoms with Crippen LogP contribution in [0, 0.1) is 13.8 Å². The molecule has 2 fully saturated rings. The number of hydrogen-bond donors (Lipinski definition) is 2. The van der Waals surface area contributed by atoms with Crippen molar-refractivity contribution in [3.63, 3.8) is 0 Å². The number of sulfonamides is 1. The van der Waals surface area contributed by atoms with Gasteiger partial charge in [-0.25, -0.2) is 8.42 Å². The lowest BCUT2D eigenvalue weighted by atomic mass is 9.92. The van der Waals surface area contributed by atoms with Crippen LogP contribution in [0.3, 0.4) is 0 Å². The molecule has 2 aromatic carbocycles. The zero-order chi connectivity index (χ0) is 26.2. The Morgan fingerprint density at radius 1 is 0.944 bits per heavy atom. The molecule has 1 aliphatic heterocycles. The highest BCUT2D eigenvalue weighted by Gasteiger charge is 2.47. The Morgan fingerprint density at radius 2 is 1.64 bits per heavy atom. The minimum atomic E-state index is -4.17. The van der Waals surface area contributed by atoms with Gasteiger partial charge < -0.3 is 16.0 Å². The Morgan fingerprint density at radius 3 is 2.28 bits per heavy atom. The lowest BCUT2D eigenvalue weighted by Gasteiger charge is -2.32. The van der Waals surface area contributed by atoms with Crippen molar-refractivity contribution in [1.82, 2.24) is 14.5 Å². The Labute approximate surface area is 221 Å². The van der Waals surface area contributed by atoms with Gasteiger partial charge in [0.1, 0.15) is 0 Å². The van der Waals surface area contributed by atoms with Gasteiger partial charge in [-0.1, -0.05) is 29.3 Å². The van der Waals surface area contributed by atoms with Gasteiger partial charge in [0, 0.05) is 30.7 Å². The third-order valence-corrected chi connectivity index (χ3v) is 9.58. The average molecular weight is 554 g/mol. The second kappa shape index (κ2) is 10.7. The Bertz CT molecular complexity index is 1280. The monoisotopic (exact) mass is 552 g/mol. The number of rotatable bonds is 5. The number of amides is 2. The molecule has 0 radical (unpaired) electrons. The number of nitrogens with zero attached hydrogens (tertiary/aromatic N) is 2. The predicted molar refractivity (Wildman–Crippen MR) is 139 cm³/mol. The van der Waals surface area contributed by atoms with E-state index in [0.29, 0.717) is 18.4 Å². The second-order valence-corrected chi connectivity index (χ2v) is 12.2. The first-order valence-corrected chi connectivity index (χ1v) is 14.1. The molecular formula is C25H30Cl2N4O4S. The van der Waals surface area contributed by atoms with E-state index >= 15 is 0 Å². The van der Waals surface area contributed by atoms with E-state index in [1.807, 2.05) is 19.9 Å². The summed E-state index contributed by atoms with van der Waals surface area (Å²) >= 11 is 12.1. The Balaban J connectivity index is 1.68. The molecule has 1 atom stereocenters. The first-order chi connectivity index (χ1) is 17.0. The summed E-state index contributed by atoms with van der Waals surface area (Å²) in [5, 5.41) is 3.27. The molecule has 36 heavy (non-hydrogen) atoms. The van der Waals surface area contributed by atoms with Crippen LogP contribution in [0.25, 0.3) is 0 Å². The van der Waals surface area contributed by atoms with Crippen molar-refractivity contribution in [2.45, 2.75) is 62.7 Å². The summed E-state index contributed by atoms with van der Waals surface area (Å²) < 4.78 is 28.3. The fourth-order valence-corrected chi connectivity index (χ4v) is 6.63. The van der Waals surface area contributed by atoms with Crippen LogP contribution < -0.4 is 11.1 Å². The number of nitrogens with one attached hydrogen (secondary N) is 1. The normalized spacial score (nSPS) is 23.0. The van der Waals surface area contributed by atoms with Gasteiger partial charge in [-0.3, -0.25) is 9.59 Å². The molecule has 1 aliphatic carbocycles. The van der Waals surface area contributed by atoms with Crippen molar-refractivity contribution in [3.05, 3.63) is 63.1 Å². The molecule has 1 saturated carbocycles. The maximum absolute atomic E-state index is 13.6. The average Bonchev–Trinajstić information content (AvgIpc) is 3.30. The van der Waals surface area contributed by atoms with Gasteiger partial charge in [0.05, 0.1) is 14.9 Å². The first-order valence-electron chi connectivity index (χ1n) is 11.9. The van der Waals surface area contributed by atoms with E-state index in [-0.39, 0.29) is 40.1 Å². The minimum Gasteiger partial charge on any atom is -0.350 e. The van der Waals surface area contributed by atoms with E-state index in [9.17, 15) is 18.0 Å². The van der Waals surface area contributed by atoms with E-state index < -0.39 is 28.0 Å². The number of nitrogens with two attached hydrogens (primary N) is 1. The fraction of sp³-hybridized carbons (Fsp3) is 0.440. The summed E-state index contributed by atoms with van der Waals surface area (Å²) in [4.78, 5) is 28.3. The zero-order valence-electron chi connectivity index (χ0n) is 20.2. The van der Waals surface area contributed by atoms with Crippen LogP contribution in [-0.2, 0) is 14.8 Å². The number of hydrogen-bond acceptors (Lipinski definition) is 5. The van der Waals surface area contributed by atoms with E-state index in [4.69, 9.17) is 28.9 Å². The molecule has 3 N–H and O–H groups in total. The molecule has 0 aromatic heterocycles. The lowest BCUT2D eigenvalue weighted by Crippen LogP contribution is -2.56. The van der Waals surface area contributed by atoms with Gasteiger partial charge >= 0.3 is 0 Å². The molecule has 2 aliphatic rings. The number of benzene rings is 2. The van der Waals surface area contributed by atoms with Crippen LogP contribution in [0.5, 0.6) is 0 Å². The van der Waals surface area contributed by atoms with Crippen molar-refractivity contribution in [1.29, 1.82) is 0 Å². The summed E-state index contributed by atoms with van der Waals surface area (Å²) in [6.45, 7) is 3.87. The van der Waals surface area contributed by atoms with Crippen molar-refractivity contribution in [2.75, 3.05) is 13.1 Å². The summed E-state index contributed by atoms with van der Waals surface area (Å²) in [5.41, 5.74) is 8.35. The SMILES string of the molecule is Cc1ccc(C(=O)N2CCN(S(=O)(=O)c3ccc(Cl)c(Cl)c3)C2C(=O)NC2CCC(N)CC2)cc1C. The van der Waals surface area contributed by atoms with Gasteiger partial charge in [-0.2, -0.15) is 4.31 Å². The van der Waals surface area contributed by atoms with Gasteiger partial charge in [0.15, 0.2) is 6.17 Å². The molecular weight excluding hydrogens is 523 g/mol. The van der Waals surface area contributed by atoms with E-state index in [0.717, 1.165) is 28.3 Å². The quantitative estimate of drug-likeness (QED) is 0.589. The van der Waals surface area contributed by atoms with Gasteiger partial charge in [0.2, 0.25) is 10.0 Å². The molecule has 1 unspecified atom stereocenters. The molecule has 2 amide bonds. The molecule has 1 saturated heterocycles. The van der Waals surface area contributed by atoms with Crippen LogP contribution in [0.1, 0.15) is 47.2 Å². The maximum Gasteiger partial charge on any atom is 0.259 e. The molecule has 194 valence electrons. The van der Waals surface area contributed by atoms with E-state index in [2.05, 4.69) is 5.32 Å². The highest BCUT2D eigenvalue weighted by molar-refractivity contribution is 7.89. The predicted octanol–water partition coefficient (Wildman–Crippen LogP) is 3.47. The molecule has 0 spiro atoms. The number of halogens is 2. The van der Waals surface area contributed by atoms with Gasteiger partial charge in [-0.05, 0) is 81.0 Å². The second-order valence-electron chi connectivity index (χ2n) is 9.48. The van der Waals surface area contributed by atoms with Crippen molar-refractivity contribution >= 4 is 45.0 Å². The third kappa shape index (κ3) is 5.40. The molecule has 4 rings (SSSR count). The highest BCUT2D eigenvalue weighted by atomic mass is 35.5. The van der Waals surface area contributed by atoms with Crippen molar-refractivity contribution < 1.29 is 18.0 Å². The molecule has 11 heteroatoms. The van der Waals surface area contributed by atoms with Crippen molar-refractivity contribution in [3.8, 4) is 0 Å². The van der Waals surface area contributed by atoms with Crippen LogP contribution in [0.15, 0.2) is 41.3 Å². The van der Waals surface area contributed by atoms with Crippen molar-refractivity contribution in [2.24, 2.45) is 5.73 Å². The third-order valence-electron chi connectivity index (χ3n) is 6.99. The number of carbonyl (C=O) groups is 2. The van der Waals surface area contributed by atoms with E-state index in [1.165, 1.54) is 23.1 Å².